The van der Waals surface area contributed by atoms with Gasteiger partial charge in [-0.25, -0.2) is 18.1 Å². The summed E-state index contributed by atoms with van der Waals surface area (Å²) in [6.45, 7) is 0.786. The van der Waals surface area contributed by atoms with Gasteiger partial charge in [0.1, 0.15) is 13.7 Å². The SMILES string of the molecule is Bc1cnn2c(NCc3cccc(CNS(C)(=O)=O)c3)cc(-c3ccccc3Cl)nc12. The van der Waals surface area contributed by atoms with Crippen LogP contribution < -0.4 is 15.5 Å². The first-order chi connectivity index (χ1) is 14.8. The quantitative estimate of drug-likeness (QED) is 0.418. The first-order valence-corrected chi connectivity index (χ1v) is 11.9. The number of nitrogens with zero attached hydrogens (tertiary/aromatic N) is 3. The lowest BCUT2D eigenvalue weighted by Gasteiger charge is -2.12. The second-order valence-corrected chi connectivity index (χ2v) is 9.58. The molecule has 10 heteroatoms. The molecule has 31 heavy (non-hydrogen) atoms. The molecule has 4 aromatic rings. The van der Waals surface area contributed by atoms with Gasteiger partial charge in [-0.15, -0.1) is 0 Å². The van der Waals surface area contributed by atoms with Gasteiger partial charge in [0.2, 0.25) is 10.0 Å². The summed E-state index contributed by atoms with van der Waals surface area (Å²) in [6, 6.07) is 17.3. The fraction of sp³-hybridized carbons (Fsp3) is 0.143. The summed E-state index contributed by atoms with van der Waals surface area (Å²) in [5.74, 6) is 0.785. The van der Waals surface area contributed by atoms with E-state index in [1.165, 1.54) is 0 Å². The highest BCUT2D eigenvalue weighted by molar-refractivity contribution is 7.88. The molecular weight excluding hydrogens is 433 g/mol. The van der Waals surface area contributed by atoms with Crippen molar-refractivity contribution in [2.75, 3.05) is 11.6 Å². The van der Waals surface area contributed by atoms with Crippen LogP contribution in [0.25, 0.3) is 16.9 Å². The lowest BCUT2D eigenvalue weighted by Crippen LogP contribution is -2.21. The van der Waals surface area contributed by atoms with E-state index in [4.69, 9.17) is 16.6 Å². The molecule has 0 radical (unpaired) electrons. The number of benzene rings is 2. The molecule has 0 saturated heterocycles. The van der Waals surface area contributed by atoms with Gasteiger partial charge in [-0.05, 0) is 22.7 Å². The molecule has 2 N–H and O–H groups in total. The van der Waals surface area contributed by atoms with Gasteiger partial charge in [-0.2, -0.15) is 9.61 Å². The van der Waals surface area contributed by atoms with Crippen LogP contribution >= 0.6 is 11.6 Å². The minimum absolute atomic E-state index is 0.251. The van der Waals surface area contributed by atoms with E-state index in [2.05, 4.69) is 15.1 Å². The lowest BCUT2D eigenvalue weighted by molar-refractivity contribution is 0.587. The Morgan fingerprint density at radius 1 is 1.06 bits per heavy atom. The zero-order valence-corrected chi connectivity index (χ0v) is 18.7. The number of anilines is 1. The largest absolute Gasteiger partial charge is 0.366 e. The summed E-state index contributed by atoms with van der Waals surface area (Å²) in [5, 5.41) is 8.50. The number of nitrogens with one attached hydrogen (secondary N) is 2. The summed E-state index contributed by atoms with van der Waals surface area (Å²) >= 11 is 6.40. The van der Waals surface area contributed by atoms with Gasteiger partial charge in [-0.3, -0.25) is 0 Å². The van der Waals surface area contributed by atoms with Crippen molar-refractivity contribution >= 4 is 46.4 Å². The predicted molar refractivity (Wildman–Crippen MR) is 127 cm³/mol. The maximum absolute atomic E-state index is 11.4. The maximum atomic E-state index is 11.4. The molecule has 0 fully saturated rings. The first-order valence-electron chi connectivity index (χ1n) is 9.67. The molecule has 0 aliphatic carbocycles. The maximum Gasteiger partial charge on any atom is 0.209 e. The van der Waals surface area contributed by atoms with Gasteiger partial charge < -0.3 is 5.32 Å². The number of aromatic nitrogens is 3. The van der Waals surface area contributed by atoms with Gasteiger partial charge in [0.25, 0.3) is 0 Å². The van der Waals surface area contributed by atoms with Crippen molar-refractivity contribution in [1.29, 1.82) is 0 Å². The zero-order chi connectivity index (χ0) is 22.0. The molecule has 4 rings (SSSR count). The molecule has 0 bridgehead atoms. The minimum atomic E-state index is -3.24. The van der Waals surface area contributed by atoms with Crippen molar-refractivity contribution in [1.82, 2.24) is 19.3 Å². The second-order valence-electron chi connectivity index (χ2n) is 7.34. The summed E-state index contributed by atoms with van der Waals surface area (Å²) < 4.78 is 27.0. The number of hydrogen-bond acceptors (Lipinski definition) is 5. The van der Waals surface area contributed by atoms with Gasteiger partial charge in [0, 0.05) is 35.9 Å². The third kappa shape index (κ3) is 5.07. The number of halogens is 1. The highest BCUT2D eigenvalue weighted by Crippen LogP contribution is 2.28. The van der Waals surface area contributed by atoms with Gasteiger partial charge in [0.15, 0.2) is 5.65 Å². The molecular formula is C21H21BClN5O2S. The molecule has 0 unspecified atom stereocenters. The standard InChI is InChI=1S/C21H21BClN5O2S/c1-31(29,30)26-12-15-6-4-5-14(9-15)11-24-20-10-19(16-7-2-3-8-18(16)23)27-21-17(22)13-25-28(20)21/h2-10,13,24,26H,11-12,22H2,1H3. The molecule has 0 amide bonds. The highest BCUT2D eigenvalue weighted by Gasteiger charge is 2.12. The van der Waals surface area contributed by atoms with Crippen molar-refractivity contribution in [2.24, 2.45) is 0 Å². The Balaban J connectivity index is 1.62. The average Bonchev–Trinajstić information content (AvgIpc) is 3.12. The van der Waals surface area contributed by atoms with Crippen LogP contribution in [0, 0.1) is 0 Å². The summed E-state index contributed by atoms with van der Waals surface area (Å²) in [6.07, 6.45) is 2.93. The van der Waals surface area contributed by atoms with E-state index in [1.54, 1.807) is 10.7 Å². The van der Waals surface area contributed by atoms with E-state index in [0.717, 1.165) is 45.6 Å². The Hall–Kier alpha value is -2.88. The van der Waals surface area contributed by atoms with Crippen LogP contribution in [-0.4, -0.2) is 37.1 Å². The molecule has 0 spiro atoms. The van der Waals surface area contributed by atoms with Crippen LogP contribution in [0.4, 0.5) is 5.82 Å². The molecule has 7 nitrogen and oxygen atoms in total. The normalized spacial score (nSPS) is 11.7. The van der Waals surface area contributed by atoms with E-state index in [9.17, 15) is 8.42 Å². The van der Waals surface area contributed by atoms with Gasteiger partial charge >= 0.3 is 0 Å². The fourth-order valence-corrected chi connectivity index (χ4v) is 3.92. The number of rotatable bonds is 7. The van der Waals surface area contributed by atoms with E-state index in [0.29, 0.717) is 11.6 Å². The van der Waals surface area contributed by atoms with E-state index in [-0.39, 0.29) is 6.54 Å². The molecule has 0 aliphatic heterocycles. The highest BCUT2D eigenvalue weighted by atomic mass is 35.5. The van der Waals surface area contributed by atoms with Crippen LogP contribution in [0.2, 0.25) is 5.02 Å². The molecule has 158 valence electrons. The fourth-order valence-electron chi connectivity index (χ4n) is 3.26. The topological polar surface area (TPSA) is 88.4 Å². The second kappa shape index (κ2) is 8.70. The Bertz CT molecular complexity index is 1360. The van der Waals surface area contributed by atoms with Crippen LogP contribution in [0.1, 0.15) is 11.1 Å². The van der Waals surface area contributed by atoms with Crippen LogP contribution in [0.5, 0.6) is 0 Å². The number of fused-ring (bicyclic) bond motifs is 1. The molecule has 0 atom stereocenters. The van der Waals surface area contributed by atoms with E-state index in [1.807, 2.05) is 62.4 Å². The van der Waals surface area contributed by atoms with Crippen molar-refractivity contribution in [3.05, 3.63) is 76.9 Å². The van der Waals surface area contributed by atoms with Crippen LogP contribution in [0.15, 0.2) is 60.8 Å². The molecule has 2 aromatic heterocycles. The summed E-state index contributed by atoms with van der Waals surface area (Å²) in [5.41, 5.74) is 5.23. The predicted octanol–water partition coefficient (Wildman–Crippen LogP) is 1.97. The van der Waals surface area contributed by atoms with Gasteiger partial charge in [-0.1, -0.05) is 54.1 Å². The number of sulfonamides is 1. The third-order valence-corrected chi connectivity index (χ3v) is 5.80. The third-order valence-electron chi connectivity index (χ3n) is 4.80. The monoisotopic (exact) mass is 453 g/mol. The Kier molecular flexibility index (Phi) is 6.00. The Morgan fingerprint density at radius 2 is 1.81 bits per heavy atom. The molecule has 0 aliphatic rings. The minimum Gasteiger partial charge on any atom is -0.366 e. The van der Waals surface area contributed by atoms with Crippen LogP contribution in [0.3, 0.4) is 0 Å². The van der Waals surface area contributed by atoms with E-state index < -0.39 is 10.0 Å². The number of hydrogen-bond donors (Lipinski definition) is 2. The average molecular weight is 454 g/mol. The smallest absolute Gasteiger partial charge is 0.209 e. The lowest BCUT2D eigenvalue weighted by atomic mass is 10.0. The van der Waals surface area contributed by atoms with Crippen LogP contribution in [-0.2, 0) is 23.1 Å². The molecule has 2 heterocycles. The van der Waals surface area contributed by atoms with Crippen molar-refractivity contribution in [3.8, 4) is 11.3 Å². The summed E-state index contributed by atoms with van der Waals surface area (Å²) in [4.78, 5) is 4.75. The Morgan fingerprint density at radius 3 is 2.55 bits per heavy atom. The van der Waals surface area contributed by atoms with Crippen molar-refractivity contribution in [3.63, 3.8) is 0 Å². The van der Waals surface area contributed by atoms with Gasteiger partial charge in [0.05, 0.1) is 11.9 Å². The molecule has 2 aromatic carbocycles. The molecule has 0 saturated carbocycles. The Labute approximate surface area is 186 Å². The zero-order valence-electron chi connectivity index (χ0n) is 17.1. The summed E-state index contributed by atoms with van der Waals surface area (Å²) in [7, 11) is -1.28. The van der Waals surface area contributed by atoms with Crippen molar-refractivity contribution in [2.45, 2.75) is 13.1 Å². The van der Waals surface area contributed by atoms with Crippen molar-refractivity contribution < 1.29 is 8.42 Å². The van der Waals surface area contributed by atoms with E-state index >= 15 is 0 Å². The first kappa shape index (κ1) is 21.4.